The standard InChI is InChI=1S/C18H16F3NO2/c1-18(2,3)17(24)22-13-9-8-12(20)15(21)14(13)16(23)10-4-6-11(19)7-5-10/h4-9H,1-3H3,(H,22,24). The Balaban J connectivity index is 2.51. The van der Waals surface area contributed by atoms with Crippen LogP contribution in [-0.2, 0) is 4.79 Å². The van der Waals surface area contributed by atoms with Crippen molar-refractivity contribution in [2.45, 2.75) is 20.8 Å². The Morgan fingerprint density at radius 3 is 2.04 bits per heavy atom. The first kappa shape index (κ1) is 17.7. The molecule has 0 aliphatic carbocycles. The molecule has 24 heavy (non-hydrogen) atoms. The van der Waals surface area contributed by atoms with Crippen LogP contribution in [0.25, 0.3) is 0 Å². The topological polar surface area (TPSA) is 46.2 Å². The summed E-state index contributed by atoms with van der Waals surface area (Å²) in [6.45, 7) is 4.93. The van der Waals surface area contributed by atoms with E-state index in [0.717, 1.165) is 36.4 Å². The van der Waals surface area contributed by atoms with E-state index in [4.69, 9.17) is 0 Å². The number of hydrogen-bond acceptors (Lipinski definition) is 2. The molecule has 2 rings (SSSR count). The van der Waals surface area contributed by atoms with Gasteiger partial charge in [-0.15, -0.1) is 0 Å². The molecule has 0 aliphatic rings. The molecule has 1 N–H and O–H groups in total. The van der Waals surface area contributed by atoms with Crippen LogP contribution in [0.3, 0.4) is 0 Å². The number of amides is 1. The van der Waals surface area contributed by atoms with Crippen LogP contribution in [0.5, 0.6) is 0 Å². The summed E-state index contributed by atoms with van der Waals surface area (Å²) < 4.78 is 40.8. The Bertz CT molecular complexity index is 793. The SMILES string of the molecule is CC(C)(C)C(=O)Nc1ccc(F)c(F)c1C(=O)c1ccc(F)cc1. The zero-order valence-corrected chi connectivity index (χ0v) is 13.4. The smallest absolute Gasteiger partial charge is 0.229 e. The number of hydrogen-bond donors (Lipinski definition) is 1. The van der Waals surface area contributed by atoms with Crippen LogP contribution in [0.2, 0.25) is 0 Å². The van der Waals surface area contributed by atoms with Crippen molar-refractivity contribution in [1.29, 1.82) is 0 Å². The van der Waals surface area contributed by atoms with Crippen LogP contribution >= 0.6 is 0 Å². The van der Waals surface area contributed by atoms with Gasteiger partial charge in [-0.3, -0.25) is 9.59 Å². The number of carbonyl (C=O) groups excluding carboxylic acids is 2. The second-order valence-corrected chi connectivity index (χ2v) is 6.32. The lowest BCUT2D eigenvalue weighted by atomic mass is 9.94. The van der Waals surface area contributed by atoms with Crippen molar-refractivity contribution < 1.29 is 22.8 Å². The third kappa shape index (κ3) is 3.64. The number of ketones is 1. The minimum atomic E-state index is -1.36. The van der Waals surface area contributed by atoms with Gasteiger partial charge in [-0.05, 0) is 36.4 Å². The van der Waals surface area contributed by atoms with E-state index in [9.17, 15) is 22.8 Å². The van der Waals surface area contributed by atoms with Gasteiger partial charge in [0.2, 0.25) is 5.91 Å². The third-order valence-corrected chi connectivity index (χ3v) is 3.36. The van der Waals surface area contributed by atoms with E-state index in [1.54, 1.807) is 20.8 Å². The van der Waals surface area contributed by atoms with Crippen LogP contribution < -0.4 is 5.32 Å². The van der Waals surface area contributed by atoms with Gasteiger partial charge in [0.25, 0.3) is 0 Å². The lowest BCUT2D eigenvalue weighted by Gasteiger charge is -2.19. The second kappa shape index (κ2) is 6.47. The predicted octanol–water partition coefficient (Wildman–Crippen LogP) is 4.32. The molecule has 0 unspecified atom stereocenters. The molecule has 0 saturated heterocycles. The molecular weight excluding hydrogens is 319 g/mol. The molecule has 126 valence electrons. The Morgan fingerprint density at radius 1 is 0.917 bits per heavy atom. The van der Waals surface area contributed by atoms with E-state index in [2.05, 4.69) is 5.32 Å². The number of carbonyl (C=O) groups is 2. The number of anilines is 1. The molecule has 0 heterocycles. The minimum absolute atomic E-state index is 0.0212. The predicted molar refractivity (Wildman–Crippen MR) is 84.3 cm³/mol. The van der Waals surface area contributed by atoms with E-state index in [1.165, 1.54) is 0 Å². The zero-order valence-electron chi connectivity index (χ0n) is 13.4. The van der Waals surface area contributed by atoms with E-state index in [-0.39, 0.29) is 11.3 Å². The van der Waals surface area contributed by atoms with E-state index >= 15 is 0 Å². The van der Waals surface area contributed by atoms with Gasteiger partial charge < -0.3 is 5.32 Å². The Morgan fingerprint density at radius 2 is 1.50 bits per heavy atom. The van der Waals surface area contributed by atoms with Crippen molar-refractivity contribution >= 4 is 17.4 Å². The largest absolute Gasteiger partial charge is 0.325 e. The monoisotopic (exact) mass is 335 g/mol. The van der Waals surface area contributed by atoms with Gasteiger partial charge in [0, 0.05) is 11.0 Å². The average molecular weight is 335 g/mol. The molecular formula is C18H16F3NO2. The lowest BCUT2D eigenvalue weighted by molar-refractivity contribution is -0.123. The maximum atomic E-state index is 14.2. The Labute approximate surface area is 137 Å². The molecule has 2 aromatic carbocycles. The van der Waals surface area contributed by atoms with Crippen molar-refractivity contribution in [3.05, 3.63) is 65.0 Å². The summed E-state index contributed by atoms with van der Waals surface area (Å²) in [5.74, 6) is -4.45. The van der Waals surface area contributed by atoms with E-state index in [1.807, 2.05) is 0 Å². The molecule has 2 aromatic rings. The van der Waals surface area contributed by atoms with Crippen molar-refractivity contribution in [3.63, 3.8) is 0 Å². The van der Waals surface area contributed by atoms with Crippen molar-refractivity contribution in [2.75, 3.05) is 5.32 Å². The van der Waals surface area contributed by atoms with Crippen molar-refractivity contribution in [1.82, 2.24) is 0 Å². The van der Waals surface area contributed by atoms with Crippen LogP contribution in [0.1, 0.15) is 36.7 Å². The number of benzene rings is 2. The number of halogens is 3. The van der Waals surface area contributed by atoms with Gasteiger partial charge in [-0.25, -0.2) is 13.2 Å². The summed E-state index contributed by atoms with van der Waals surface area (Å²) in [6.07, 6.45) is 0. The van der Waals surface area contributed by atoms with Gasteiger partial charge in [0.05, 0.1) is 11.3 Å². The van der Waals surface area contributed by atoms with Gasteiger partial charge in [-0.2, -0.15) is 0 Å². The maximum Gasteiger partial charge on any atom is 0.229 e. The van der Waals surface area contributed by atoms with Gasteiger partial charge >= 0.3 is 0 Å². The van der Waals surface area contributed by atoms with Crippen LogP contribution in [0, 0.1) is 22.9 Å². The minimum Gasteiger partial charge on any atom is -0.325 e. The summed E-state index contributed by atoms with van der Waals surface area (Å²) in [5, 5.41) is 2.44. The highest BCUT2D eigenvalue weighted by Crippen LogP contribution is 2.27. The summed E-state index contributed by atoms with van der Waals surface area (Å²) >= 11 is 0. The molecule has 3 nitrogen and oxygen atoms in total. The second-order valence-electron chi connectivity index (χ2n) is 6.32. The Hall–Kier alpha value is -2.63. The molecule has 6 heteroatoms. The van der Waals surface area contributed by atoms with Crippen molar-refractivity contribution in [3.8, 4) is 0 Å². The quantitative estimate of drug-likeness (QED) is 0.849. The van der Waals surface area contributed by atoms with Gasteiger partial charge in [0.15, 0.2) is 17.4 Å². The molecule has 0 fully saturated rings. The van der Waals surface area contributed by atoms with Crippen LogP contribution in [0.15, 0.2) is 36.4 Å². The van der Waals surface area contributed by atoms with Gasteiger partial charge in [0.1, 0.15) is 5.82 Å². The molecule has 0 aliphatic heterocycles. The van der Waals surface area contributed by atoms with E-state index in [0.29, 0.717) is 0 Å². The first-order valence-electron chi connectivity index (χ1n) is 7.21. The highest BCUT2D eigenvalue weighted by atomic mass is 19.2. The summed E-state index contributed by atoms with van der Waals surface area (Å²) in [4.78, 5) is 24.6. The highest BCUT2D eigenvalue weighted by molar-refractivity contribution is 6.14. The third-order valence-electron chi connectivity index (χ3n) is 3.36. The number of rotatable bonds is 3. The number of nitrogens with one attached hydrogen (secondary N) is 1. The summed E-state index contributed by atoms with van der Waals surface area (Å²) in [5.41, 5.74) is -1.55. The highest BCUT2D eigenvalue weighted by Gasteiger charge is 2.26. The van der Waals surface area contributed by atoms with Crippen LogP contribution in [-0.4, -0.2) is 11.7 Å². The van der Waals surface area contributed by atoms with Crippen molar-refractivity contribution in [2.24, 2.45) is 5.41 Å². The fourth-order valence-electron chi connectivity index (χ4n) is 1.93. The van der Waals surface area contributed by atoms with Gasteiger partial charge in [-0.1, -0.05) is 20.8 Å². The normalized spacial score (nSPS) is 11.2. The molecule has 0 spiro atoms. The molecule has 0 radical (unpaired) electrons. The summed E-state index contributed by atoms with van der Waals surface area (Å²) in [7, 11) is 0. The zero-order chi connectivity index (χ0) is 18.1. The molecule has 0 saturated carbocycles. The molecule has 0 bridgehead atoms. The first-order valence-corrected chi connectivity index (χ1v) is 7.21. The Kier molecular flexibility index (Phi) is 4.78. The van der Waals surface area contributed by atoms with Crippen LogP contribution in [0.4, 0.5) is 18.9 Å². The lowest BCUT2D eigenvalue weighted by Crippen LogP contribution is -2.28. The fraction of sp³-hybridized carbons (Fsp3) is 0.222. The molecule has 1 amide bonds. The maximum absolute atomic E-state index is 14.2. The first-order chi connectivity index (χ1) is 11.1. The fourth-order valence-corrected chi connectivity index (χ4v) is 1.93. The molecule has 0 aromatic heterocycles. The van der Waals surface area contributed by atoms with E-state index < -0.39 is 40.1 Å². The average Bonchev–Trinajstić information content (AvgIpc) is 2.50. The summed E-state index contributed by atoms with van der Waals surface area (Å²) in [6, 6.07) is 6.36. The molecule has 0 atom stereocenters.